The smallest absolute Gasteiger partial charge is 0.169 e. The van der Waals surface area contributed by atoms with E-state index in [-0.39, 0.29) is 6.04 Å². The van der Waals surface area contributed by atoms with Crippen molar-refractivity contribution >= 4 is 15.9 Å². The van der Waals surface area contributed by atoms with Crippen LogP contribution >= 0.6 is 15.9 Å². The van der Waals surface area contributed by atoms with E-state index in [1.807, 2.05) is 43.4 Å². The van der Waals surface area contributed by atoms with Crippen LogP contribution in [0.25, 0.3) is 0 Å². The molecule has 0 radical (unpaired) electrons. The van der Waals surface area contributed by atoms with Crippen molar-refractivity contribution in [2.75, 3.05) is 14.2 Å². The highest BCUT2D eigenvalue weighted by Gasteiger charge is 2.10. The summed E-state index contributed by atoms with van der Waals surface area (Å²) in [6.45, 7) is 2.11. The zero-order chi connectivity index (χ0) is 14.5. The van der Waals surface area contributed by atoms with Crippen molar-refractivity contribution < 1.29 is 9.47 Å². The van der Waals surface area contributed by atoms with Crippen LogP contribution in [0.1, 0.15) is 18.5 Å². The molecule has 1 unspecified atom stereocenters. The number of methoxy groups -OCH3 is 1. The number of hydrogen-bond acceptors (Lipinski definition) is 3. The third-order valence-corrected chi connectivity index (χ3v) is 3.86. The standard InChI is InChI=1S/C16H18BrNO2/c1-11(18-2)13-9-8-12(10-14(13)17)20-16-7-5-4-6-15(16)19-3/h4-11,18H,1-3H3. The molecule has 0 spiro atoms. The SMILES string of the molecule is CNC(C)c1ccc(Oc2ccccc2OC)cc1Br. The Morgan fingerprint density at radius 3 is 2.40 bits per heavy atom. The highest BCUT2D eigenvalue weighted by molar-refractivity contribution is 9.10. The molecule has 3 nitrogen and oxygen atoms in total. The summed E-state index contributed by atoms with van der Waals surface area (Å²) in [5.74, 6) is 2.20. The molecule has 0 aromatic heterocycles. The molecule has 0 amide bonds. The van der Waals surface area contributed by atoms with Crippen molar-refractivity contribution in [1.29, 1.82) is 0 Å². The summed E-state index contributed by atoms with van der Waals surface area (Å²) in [6.07, 6.45) is 0. The van der Waals surface area contributed by atoms with Gasteiger partial charge in [-0.25, -0.2) is 0 Å². The number of halogens is 1. The maximum absolute atomic E-state index is 5.87. The highest BCUT2D eigenvalue weighted by Crippen LogP contribution is 2.34. The van der Waals surface area contributed by atoms with Gasteiger partial charge in [-0.2, -0.15) is 0 Å². The van der Waals surface area contributed by atoms with Gasteiger partial charge < -0.3 is 14.8 Å². The van der Waals surface area contributed by atoms with E-state index in [2.05, 4.69) is 34.2 Å². The van der Waals surface area contributed by atoms with Crippen molar-refractivity contribution in [3.8, 4) is 17.2 Å². The minimum absolute atomic E-state index is 0.282. The van der Waals surface area contributed by atoms with Crippen LogP contribution in [0.2, 0.25) is 0 Å². The van der Waals surface area contributed by atoms with Crippen LogP contribution in [0, 0.1) is 0 Å². The molecule has 1 atom stereocenters. The second-order valence-electron chi connectivity index (χ2n) is 4.45. The van der Waals surface area contributed by atoms with E-state index < -0.39 is 0 Å². The molecule has 2 aromatic carbocycles. The third-order valence-electron chi connectivity index (χ3n) is 3.17. The summed E-state index contributed by atoms with van der Waals surface area (Å²) >= 11 is 3.59. The van der Waals surface area contributed by atoms with Gasteiger partial charge in [0.25, 0.3) is 0 Å². The fourth-order valence-corrected chi connectivity index (χ4v) is 2.61. The molecule has 0 aliphatic carbocycles. The largest absolute Gasteiger partial charge is 0.493 e. The Morgan fingerprint density at radius 2 is 1.80 bits per heavy atom. The summed E-state index contributed by atoms with van der Waals surface area (Å²) in [7, 11) is 3.58. The number of para-hydroxylation sites is 2. The van der Waals surface area contributed by atoms with E-state index >= 15 is 0 Å². The number of benzene rings is 2. The van der Waals surface area contributed by atoms with Crippen LogP contribution in [0.5, 0.6) is 17.2 Å². The lowest BCUT2D eigenvalue weighted by Crippen LogP contribution is -2.12. The van der Waals surface area contributed by atoms with Gasteiger partial charge in [0.2, 0.25) is 0 Å². The topological polar surface area (TPSA) is 30.5 Å². The van der Waals surface area contributed by atoms with Crippen LogP contribution in [0.3, 0.4) is 0 Å². The van der Waals surface area contributed by atoms with Gasteiger partial charge >= 0.3 is 0 Å². The Bertz CT molecular complexity index is 586. The van der Waals surface area contributed by atoms with Gasteiger partial charge in [0.15, 0.2) is 11.5 Å². The van der Waals surface area contributed by atoms with Crippen molar-refractivity contribution in [1.82, 2.24) is 5.32 Å². The van der Waals surface area contributed by atoms with Crippen LogP contribution in [0.15, 0.2) is 46.9 Å². The van der Waals surface area contributed by atoms with E-state index in [1.54, 1.807) is 7.11 Å². The third kappa shape index (κ3) is 3.32. The average molecular weight is 336 g/mol. The predicted molar refractivity (Wildman–Crippen MR) is 84.7 cm³/mol. The minimum Gasteiger partial charge on any atom is -0.493 e. The first kappa shape index (κ1) is 14.9. The van der Waals surface area contributed by atoms with Crippen LogP contribution in [-0.2, 0) is 0 Å². The van der Waals surface area contributed by atoms with Gasteiger partial charge in [-0.05, 0) is 43.8 Å². The van der Waals surface area contributed by atoms with Gasteiger partial charge in [0, 0.05) is 10.5 Å². The monoisotopic (exact) mass is 335 g/mol. The normalized spacial score (nSPS) is 12.0. The summed E-state index contributed by atoms with van der Waals surface area (Å²) in [5.41, 5.74) is 1.19. The van der Waals surface area contributed by atoms with E-state index in [4.69, 9.17) is 9.47 Å². The molecule has 0 aliphatic rings. The number of nitrogens with one attached hydrogen (secondary N) is 1. The van der Waals surface area contributed by atoms with Crippen LogP contribution < -0.4 is 14.8 Å². The molecule has 0 saturated heterocycles. The maximum Gasteiger partial charge on any atom is 0.169 e. The summed E-state index contributed by atoms with van der Waals surface area (Å²) < 4.78 is 12.2. The van der Waals surface area contributed by atoms with E-state index in [1.165, 1.54) is 5.56 Å². The second-order valence-corrected chi connectivity index (χ2v) is 5.30. The van der Waals surface area contributed by atoms with E-state index in [9.17, 15) is 0 Å². The average Bonchev–Trinajstić information content (AvgIpc) is 2.47. The summed E-state index contributed by atoms with van der Waals surface area (Å²) in [6, 6.07) is 13.9. The molecule has 0 aliphatic heterocycles. The van der Waals surface area contributed by atoms with Crippen molar-refractivity contribution in [2.45, 2.75) is 13.0 Å². The number of rotatable bonds is 5. The first-order valence-electron chi connectivity index (χ1n) is 6.43. The molecule has 106 valence electrons. The van der Waals surface area contributed by atoms with Crippen molar-refractivity contribution in [2.24, 2.45) is 0 Å². The van der Waals surface area contributed by atoms with Crippen LogP contribution in [-0.4, -0.2) is 14.2 Å². The van der Waals surface area contributed by atoms with E-state index in [0.29, 0.717) is 5.75 Å². The van der Waals surface area contributed by atoms with Gasteiger partial charge in [0.05, 0.1) is 7.11 Å². The molecule has 0 fully saturated rings. The zero-order valence-electron chi connectivity index (χ0n) is 11.8. The van der Waals surface area contributed by atoms with Gasteiger partial charge in [-0.3, -0.25) is 0 Å². The first-order chi connectivity index (χ1) is 9.65. The fourth-order valence-electron chi connectivity index (χ4n) is 1.91. The van der Waals surface area contributed by atoms with Crippen LogP contribution in [0.4, 0.5) is 0 Å². The lowest BCUT2D eigenvalue weighted by Gasteiger charge is -2.15. The molecule has 2 aromatic rings. The predicted octanol–water partition coefficient (Wildman–Crippen LogP) is 4.53. The number of ether oxygens (including phenoxy) is 2. The molecule has 2 rings (SSSR count). The molecular weight excluding hydrogens is 318 g/mol. The quantitative estimate of drug-likeness (QED) is 0.870. The van der Waals surface area contributed by atoms with Gasteiger partial charge in [-0.1, -0.05) is 34.1 Å². The molecule has 20 heavy (non-hydrogen) atoms. The Labute approximate surface area is 128 Å². The molecule has 0 bridgehead atoms. The maximum atomic E-state index is 5.87. The first-order valence-corrected chi connectivity index (χ1v) is 7.22. The Morgan fingerprint density at radius 1 is 1.10 bits per heavy atom. The fraction of sp³-hybridized carbons (Fsp3) is 0.250. The van der Waals surface area contributed by atoms with Crippen molar-refractivity contribution in [3.63, 3.8) is 0 Å². The highest BCUT2D eigenvalue weighted by atomic mass is 79.9. The molecular formula is C16H18BrNO2. The Hall–Kier alpha value is -1.52. The van der Waals surface area contributed by atoms with Gasteiger partial charge in [-0.15, -0.1) is 0 Å². The lowest BCUT2D eigenvalue weighted by molar-refractivity contribution is 0.378. The molecule has 1 N–H and O–H groups in total. The van der Waals surface area contributed by atoms with E-state index in [0.717, 1.165) is 16.0 Å². The molecule has 0 heterocycles. The minimum atomic E-state index is 0.282. The lowest BCUT2D eigenvalue weighted by atomic mass is 10.1. The molecule has 4 heteroatoms. The summed E-state index contributed by atoms with van der Waals surface area (Å²) in [5, 5.41) is 3.22. The van der Waals surface area contributed by atoms with Crippen molar-refractivity contribution in [3.05, 3.63) is 52.5 Å². The second kappa shape index (κ2) is 6.77. The zero-order valence-corrected chi connectivity index (χ0v) is 13.4. The Balaban J connectivity index is 2.24. The Kier molecular flexibility index (Phi) is 5.04. The number of hydrogen-bond donors (Lipinski definition) is 1. The summed E-state index contributed by atoms with van der Waals surface area (Å²) in [4.78, 5) is 0. The molecule has 0 saturated carbocycles. The van der Waals surface area contributed by atoms with Gasteiger partial charge in [0.1, 0.15) is 5.75 Å².